The SMILES string of the molecule is COc1ccc(CC(=O)NC2(CCl)CCC2)cc1OC. The Balaban J connectivity index is 2.00. The van der Waals surface area contributed by atoms with Gasteiger partial charge in [-0.1, -0.05) is 6.07 Å². The summed E-state index contributed by atoms with van der Waals surface area (Å²) in [5, 5.41) is 3.05. The van der Waals surface area contributed by atoms with E-state index in [1.165, 1.54) is 0 Å². The highest BCUT2D eigenvalue weighted by Crippen LogP contribution is 2.33. The van der Waals surface area contributed by atoms with E-state index in [-0.39, 0.29) is 11.4 Å². The highest BCUT2D eigenvalue weighted by molar-refractivity contribution is 6.18. The molecule has 1 saturated carbocycles. The lowest BCUT2D eigenvalue weighted by molar-refractivity contribution is -0.123. The van der Waals surface area contributed by atoms with Crippen molar-refractivity contribution < 1.29 is 14.3 Å². The minimum absolute atomic E-state index is 0.00225. The first kappa shape index (κ1) is 15.0. The van der Waals surface area contributed by atoms with Gasteiger partial charge in [-0.3, -0.25) is 4.79 Å². The smallest absolute Gasteiger partial charge is 0.224 e. The van der Waals surface area contributed by atoms with Crippen LogP contribution in [0.3, 0.4) is 0 Å². The van der Waals surface area contributed by atoms with Crippen molar-refractivity contribution in [2.24, 2.45) is 0 Å². The molecule has 1 fully saturated rings. The summed E-state index contributed by atoms with van der Waals surface area (Å²) in [4.78, 5) is 12.1. The van der Waals surface area contributed by atoms with Crippen molar-refractivity contribution >= 4 is 17.5 Å². The number of alkyl halides is 1. The lowest BCUT2D eigenvalue weighted by atomic mass is 9.78. The fourth-order valence-electron chi connectivity index (χ4n) is 2.41. The second-order valence-electron chi connectivity index (χ2n) is 5.18. The van der Waals surface area contributed by atoms with Gasteiger partial charge in [-0.05, 0) is 37.0 Å². The van der Waals surface area contributed by atoms with E-state index in [0.717, 1.165) is 24.8 Å². The van der Waals surface area contributed by atoms with Gasteiger partial charge < -0.3 is 14.8 Å². The molecular formula is C15H20ClNO3. The molecule has 1 amide bonds. The number of ether oxygens (including phenoxy) is 2. The molecule has 1 aliphatic carbocycles. The van der Waals surface area contributed by atoms with Crippen molar-refractivity contribution in [2.75, 3.05) is 20.1 Å². The van der Waals surface area contributed by atoms with Crippen molar-refractivity contribution in [1.29, 1.82) is 0 Å². The first-order chi connectivity index (χ1) is 9.62. The van der Waals surface area contributed by atoms with Crippen LogP contribution in [0.25, 0.3) is 0 Å². The Labute approximate surface area is 124 Å². The lowest BCUT2D eigenvalue weighted by Crippen LogP contribution is -2.55. The molecule has 0 saturated heterocycles. The van der Waals surface area contributed by atoms with Crippen LogP contribution in [0.2, 0.25) is 0 Å². The topological polar surface area (TPSA) is 47.6 Å². The van der Waals surface area contributed by atoms with Crippen molar-refractivity contribution in [3.8, 4) is 11.5 Å². The third-order valence-electron chi connectivity index (χ3n) is 3.78. The second kappa shape index (κ2) is 6.35. The molecule has 1 N–H and O–H groups in total. The van der Waals surface area contributed by atoms with Crippen LogP contribution in [-0.4, -0.2) is 31.5 Å². The number of carbonyl (C=O) groups is 1. The summed E-state index contributed by atoms with van der Waals surface area (Å²) in [6.45, 7) is 0. The fourth-order valence-corrected chi connectivity index (χ4v) is 2.75. The molecule has 0 spiro atoms. The maximum Gasteiger partial charge on any atom is 0.224 e. The molecule has 1 aromatic carbocycles. The standard InChI is InChI=1S/C15H20ClNO3/c1-19-12-5-4-11(8-13(12)20-2)9-14(18)17-15(10-16)6-3-7-15/h4-5,8H,3,6-7,9-10H2,1-2H3,(H,17,18). The Morgan fingerprint density at radius 3 is 2.50 bits per heavy atom. The summed E-state index contributed by atoms with van der Waals surface area (Å²) >= 11 is 5.94. The number of benzene rings is 1. The molecule has 1 aliphatic rings. The lowest BCUT2D eigenvalue weighted by Gasteiger charge is -2.41. The normalized spacial score (nSPS) is 16.1. The van der Waals surface area contributed by atoms with Crippen molar-refractivity contribution in [3.05, 3.63) is 23.8 Å². The van der Waals surface area contributed by atoms with Crippen molar-refractivity contribution in [2.45, 2.75) is 31.2 Å². The molecule has 4 nitrogen and oxygen atoms in total. The van der Waals surface area contributed by atoms with Gasteiger partial charge in [-0.15, -0.1) is 11.6 Å². The maximum atomic E-state index is 12.1. The summed E-state index contributed by atoms with van der Waals surface area (Å²) in [5.41, 5.74) is 0.707. The summed E-state index contributed by atoms with van der Waals surface area (Å²) in [6, 6.07) is 5.50. The molecule has 20 heavy (non-hydrogen) atoms. The Morgan fingerprint density at radius 1 is 1.30 bits per heavy atom. The molecule has 0 aliphatic heterocycles. The molecule has 5 heteroatoms. The molecule has 0 aromatic heterocycles. The molecule has 0 radical (unpaired) electrons. The maximum absolute atomic E-state index is 12.1. The van der Waals surface area contributed by atoms with Crippen LogP contribution >= 0.6 is 11.6 Å². The molecule has 0 unspecified atom stereocenters. The Hall–Kier alpha value is -1.42. The van der Waals surface area contributed by atoms with Gasteiger partial charge in [0.15, 0.2) is 11.5 Å². The first-order valence-corrected chi connectivity index (χ1v) is 7.24. The van der Waals surface area contributed by atoms with Gasteiger partial charge in [0, 0.05) is 5.88 Å². The van der Waals surface area contributed by atoms with Gasteiger partial charge >= 0.3 is 0 Å². The molecule has 110 valence electrons. The van der Waals surface area contributed by atoms with E-state index >= 15 is 0 Å². The van der Waals surface area contributed by atoms with E-state index in [0.29, 0.717) is 23.8 Å². The third-order valence-corrected chi connectivity index (χ3v) is 4.30. The Kier molecular flexibility index (Phi) is 4.76. The number of nitrogens with one attached hydrogen (secondary N) is 1. The van der Waals surface area contributed by atoms with E-state index in [1.807, 2.05) is 18.2 Å². The Morgan fingerprint density at radius 2 is 2.00 bits per heavy atom. The highest BCUT2D eigenvalue weighted by atomic mass is 35.5. The summed E-state index contributed by atoms with van der Waals surface area (Å²) in [7, 11) is 3.17. The molecule has 0 heterocycles. The van der Waals surface area contributed by atoms with Crippen LogP contribution in [0, 0.1) is 0 Å². The largest absolute Gasteiger partial charge is 0.493 e. The quantitative estimate of drug-likeness (QED) is 0.821. The van der Waals surface area contributed by atoms with Crippen LogP contribution < -0.4 is 14.8 Å². The van der Waals surface area contributed by atoms with Crippen molar-refractivity contribution in [1.82, 2.24) is 5.32 Å². The number of halogens is 1. The second-order valence-corrected chi connectivity index (χ2v) is 5.45. The Bertz CT molecular complexity index is 480. The zero-order chi connectivity index (χ0) is 14.6. The van der Waals surface area contributed by atoms with E-state index in [4.69, 9.17) is 21.1 Å². The van der Waals surface area contributed by atoms with Gasteiger partial charge in [-0.2, -0.15) is 0 Å². The van der Waals surface area contributed by atoms with Crippen LogP contribution in [-0.2, 0) is 11.2 Å². The van der Waals surface area contributed by atoms with Gasteiger partial charge in [0.1, 0.15) is 0 Å². The molecule has 0 bridgehead atoms. The summed E-state index contributed by atoms with van der Waals surface area (Å²) in [5.74, 6) is 1.77. The number of carbonyl (C=O) groups excluding carboxylic acids is 1. The predicted octanol–water partition coefficient (Wildman–Crippen LogP) is 2.52. The molecular weight excluding hydrogens is 278 g/mol. The molecule has 1 aromatic rings. The summed E-state index contributed by atoms with van der Waals surface area (Å²) in [6.07, 6.45) is 3.38. The summed E-state index contributed by atoms with van der Waals surface area (Å²) < 4.78 is 10.4. The first-order valence-electron chi connectivity index (χ1n) is 6.70. The predicted molar refractivity (Wildman–Crippen MR) is 78.7 cm³/mol. The minimum Gasteiger partial charge on any atom is -0.493 e. The minimum atomic E-state index is -0.185. The number of methoxy groups -OCH3 is 2. The zero-order valence-electron chi connectivity index (χ0n) is 11.9. The monoisotopic (exact) mass is 297 g/mol. The van der Waals surface area contributed by atoms with E-state index in [1.54, 1.807) is 14.2 Å². The zero-order valence-corrected chi connectivity index (χ0v) is 12.6. The molecule has 0 atom stereocenters. The number of rotatable bonds is 6. The van der Waals surface area contributed by atoms with Crippen LogP contribution in [0.4, 0.5) is 0 Å². The fraction of sp³-hybridized carbons (Fsp3) is 0.533. The van der Waals surface area contributed by atoms with E-state index in [9.17, 15) is 4.79 Å². The van der Waals surface area contributed by atoms with Crippen LogP contribution in [0.5, 0.6) is 11.5 Å². The van der Waals surface area contributed by atoms with E-state index in [2.05, 4.69) is 5.32 Å². The highest BCUT2D eigenvalue weighted by Gasteiger charge is 2.37. The average Bonchev–Trinajstić information content (AvgIpc) is 2.42. The number of hydrogen-bond donors (Lipinski definition) is 1. The van der Waals surface area contributed by atoms with Crippen LogP contribution in [0.15, 0.2) is 18.2 Å². The van der Waals surface area contributed by atoms with Crippen molar-refractivity contribution in [3.63, 3.8) is 0 Å². The molecule has 2 rings (SSSR count). The number of amides is 1. The van der Waals surface area contributed by atoms with Crippen LogP contribution in [0.1, 0.15) is 24.8 Å². The van der Waals surface area contributed by atoms with Gasteiger partial charge in [0.2, 0.25) is 5.91 Å². The number of hydrogen-bond acceptors (Lipinski definition) is 3. The third kappa shape index (κ3) is 3.18. The van der Waals surface area contributed by atoms with Gasteiger partial charge in [0.25, 0.3) is 0 Å². The van der Waals surface area contributed by atoms with E-state index < -0.39 is 0 Å². The van der Waals surface area contributed by atoms with Gasteiger partial charge in [0.05, 0.1) is 26.2 Å². The average molecular weight is 298 g/mol. The van der Waals surface area contributed by atoms with Gasteiger partial charge in [-0.25, -0.2) is 0 Å².